The van der Waals surface area contributed by atoms with Gasteiger partial charge < -0.3 is 9.47 Å². The van der Waals surface area contributed by atoms with Crippen LogP contribution in [0.5, 0.6) is 0 Å². The predicted molar refractivity (Wildman–Crippen MR) is 74.9 cm³/mol. The molecule has 1 aliphatic rings. The minimum atomic E-state index is -0.478. The molecule has 1 saturated heterocycles. The van der Waals surface area contributed by atoms with E-state index in [4.69, 9.17) is 9.47 Å². The molecule has 0 aliphatic carbocycles. The lowest BCUT2D eigenvalue weighted by molar-refractivity contribution is 0.0718. The summed E-state index contributed by atoms with van der Waals surface area (Å²) in [6.45, 7) is 4.70. The smallest absolute Gasteiger partial charge is 0.414 e. The summed E-state index contributed by atoms with van der Waals surface area (Å²) in [4.78, 5) is 13.0. The molecular weight excluding hydrogens is 317 g/mol. The maximum absolute atomic E-state index is 13.4. The molecule has 0 saturated carbocycles. The quantitative estimate of drug-likeness (QED) is 0.848. The average Bonchev–Trinajstić information content (AvgIpc) is 2.77. The highest BCUT2D eigenvalue weighted by Crippen LogP contribution is 2.25. The summed E-state index contributed by atoms with van der Waals surface area (Å²) in [7, 11) is 1.54. The molecule has 0 bridgehead atoms. The lowest BCUT2D eigenvalue weighted by Gasteiger charge is -2.13. The number of nitrogens with zero attached hydrogens (tertiary/aromatic N) is 1. The Balaban J connectivity index is 0.000000861. The van der Waals surface area contributed by atoms with Crippen molar-refractivity contribution < 1.29 is 18.7 Å². The van der Waals surface area contributed by atoms with Crippen LogP contribution in [0.1, 0.15) is 13.8 Å². The van der Waals surface area contributed by atoms with E-state index in [1.54, 1.807) is 12.1 Å². The first-order valence-electron chi connectivity index (χ1n) is 6.04. The Hall–Kier alpha value is -1.14. The van der Waals surface area contributed by atoms with E-state index in [-0.39, 0.29) is 6.10 Å². The van der Waals surface area contributed by atoms with Gasteiger partial charge in [-0.05, 0) is 34.1 Å². The normalized spacial score (nSPS) is 17.8. The molecule has 2 rings (SSSR count). The van der Waals surface area contributed by atoms with Crippen LogP contribution in [0.3, 0.4) is 0 Å². The largest absolute Gasteiger partial charge is 0.441 e. The molecule has 106 valence electrons. The molecule has 1 unspecified atom stereocenters. The maximum atomic E-state index is 13.4. The molecule has 4 nitrogen and oxygen atoms in total. The summed E-state index contributed by atoms with van der Waals surface area (Å²) in [5.74, 6) is -0.412. The van der Waals surface area contributed by atoms with Crippen molar-refractivity contribution in [2.45, 2.75) is 20.0 Å². The van der Waals surface area contributed by atoms with E-state index in [9.17, 15) is 9.18 Å². The Morgan fingerprint density at radius 1 is 1.53 bits per heavy atom. The number of carbonyl (C=O) groups excluding carboxylic acids is 1. The first kappa shape index (κ1) is 15.9. The van der Waals surface area contributed by atoms with Crippen molar-refractivity contribution in [1.82, 2.24) is 0 Å². The lowest BCUT2D eigenvalue weighted by Crippen LogP contribution is -2.25. The van der Waals surface area contributed by atoms with Crippen molar-refractivity contribution in [3.8, 4) is 0 Å². The number of halogens is 2. The van der Waals surface area contributed by atoms with Gasteiger partial charge in [0.1, 0.15) is 11.9 Å². The van der Waals surface area contributed by atoms with E-state index in [1.807, 2.05) is 13.8 Å². The van der Waals surface area contributed by atoms with Gasteiger partial charge in [0, 0.05) is 7.11 Å². The van der Waals surface area contributed by atoms with Crippen LogP contribution in [0.25, 0.3) is 0 Å². The van der Waals surface area contributed by atoms with Gasteiger partial charge in [-0.2, -0.15) is 0 Å². The molecule has 0 radical (unpaired) electrons. The summed E-state index contributed by atoms with van der Waals surface area (Å²) < 4.78 is 23.7. The number of ether oxygens (including phenoxy) is 2. The lowest BCUT2D eigenvalue weighted by atomic mass is 10.2. The third kappa shape index (κ3) is 3.91. The van der Waals surface area contributed by atoms with Gasteiger partial charge in [0.2, 0.25) is 0 Å². The zero-order chi connectivity index (χ0) is 14.4. The average molecular weight is 334 g/mol. The molecule has 1 fully saturated rings. The molecule has 1 heterocycles. The van der Waals surface area contributed by atoms with Gasteiger partial charge in [-0.15, -0.1) is 0 Å². The number of hydrogen-bond acceptors (Lipinski definition) is 3. The van der Waals surface area contributed by atoms with Gasteiger partial charge in [0.15, 0.2) is 0 Å². The third-order valence-corrected chi connectivity index (χ3v) is 3.08. The molecule has 1 aromatic carbocycles. The van der Waals surface area contributed by atoms with Crippen LogP contribution < -0.4 is 4.90 Å². The molecule has 1 atom stereocenters. The van der Waals surface area contributed by atoms with E-state index >= 15 is 0 Å². The fraction of sp³-hybridized carbons (Fsp3) is 0.462. The number of amides is 1. The van der Waals surface area contributed by atoms with Gasteiger partial charge in [0.05, 0.1) is 23.3 Å². The highest BCUT2D eigenvalue weighted by Gasteiger charge is 2.32. The molecule has 0 spiro atoms. The topological polar surface area (TPSA) is 38.8 Å². The van der Waals surface area contributed by atoms with Crippen molar-refractivity contribution in [3.05, 3.63) is 28.5 Å². The maximum Gasteiger partial charge on any atom is 0.414 e. The van der Waals surface area contributed by atoms with Crippen molar-refractivity contribution >= 4 is 27.7 Å². The summed E-state index contributed by atoms with van der Waals surface area (Å²) in [6, 6.07) is 4.51. The second-order valence-corrected chi connectivity index (χ2v) is 4.52. The Labute approximate surface area is 120 Å². The zero-order valence-electron chi connectivity index (χ0n) is 11.2. The molecule has 1 aliphatic heterocycles. The molecule has 1 amide bonds. The molecule has 19 heavy (non-hydrogen) atoms. The highest BCUT2D eigenvalue weighted by atomic mass is 79.9. The summed E-state index contributed by atoms with van der Waals surface area (Å²) in [5, 5.41) is 0. The Morgan fingerprint density at radius 3 is 2.79 bits per heavy atom. The second kappa shape index (κ2) is 7.45. The Kier molecular flexibility index (Phi) is 6.24. The van der Waals surface area contributed by atoms with E-state index < -0.39 is 11.9 Å². The van der Waals surface area contributed by atoms with Crippen LogP contribution in [-0.2, 0) is 9.47 Å². The van der Waals surface area contributed by atoms with E-state index in [1.165, 1.54) is 18.1 Å². The molecule has 1 aromatic rings. The molecule has 0 aromatic heterocycles. The van der Waals surface area contributed by atoms with Gasteiger partial charge >= 0.3 is 6.09 Å². The first-order valence-corrected chi connectivity index (χ1v) is 6.83. The number of rotatable bonds is 3. The fourth-order valence-electron chi connectivity index (χ4n) is 1.66. The molecule has 6 heteroatoms. The zero-order valence-corrected chi connectivity index (χ0v) is 12.7. The standard InChI is InChI=1S/C11H11BrFNO3.C2H6/c1-16-6-8-5-14(11(15)17-8)7-2-3-9(12)10(13)4-7;1-2/h2-4,8H,5-6H2,1H3;1-2H3. The van der Waals surface area contributed by atoms with E-state index in [2.05, 4.69) is 15.9 Å². The van der Waals surface area contributed by atoms with Crippen LogP contribution in [-0.4, -0.2) is 32.5 Å². The van der Waals surface area contributed by atoms with Gasteiger partial charge in [-0.1, -0.05) is 13.8 Å². The van der Waals surface area contributed by atoms with Crippen LogP contribution in [0.2, 0.25) is 0 Å². The predicted octanol–water partition coefficient (Wildman–Crippen LogP) is 3.59. The Morgan fingerprint density at radius 2 is 2.21 bits per heavy atom. The summed E-state index contributed by atoms with van der Waals surface area (Å²) in [5.41, 5.74) is 0.481. The molecule has 0 N–H and O–H groups in total. The van der Waals surface area contributed by atoms with E-state index in [0.29, 0.717) is 23.3 Å². The van der Waals surface area contributed by atoms with Crippen LogP contribution in [0, 0.1) is 5.82 Å². The van der Waals surface area contributed by atoms with Crippen LogP contribution in [0.4, 0.5) is 14.9 Å². The van der Waals surface area contributed by atoms with Crippen LogP contribution in [0.15, 0.2) is 22.7 Å². The van der Waals surface area contributed by atoms with Gasteiger partial charge in [0.25, 0.3) is 0 Å². The summed E-state index contributed by atoms with van der Waals surface area (Å²) >= 11 is 3.06. The highest BCUT2D eigenvalue weighted by molar-refractivity contribution is 9.10. The second-order valence-electron chi connectivity index (χ2n) is 3.67. The van der Waals surface area contributed by atoms with Crippen molar-refractivity contribution in [2.24, 2.45) is 0 Å². The van der Waals surface area contributed by atoms with Crippen molar-refractivity contribution in [2.75, 3.05) is 25.2 Å². The van der Waals surface area contributed by atoms with Crippen molar-refractivity contribution in [1.29, 1.82) is 0 Å². The SMILES string of the molecule is CC.COCC1CN(c2ccc(Br)c(F)c2)C(=O)O1. The van der Waals surface area contributed by atoms with Gasteiger partial charge in [-0.25, -0.2) is 9.18 Å². The minimum absolute atomic E-state index is 0.306. The fourth-order valence-corrected chi connectivity index (χ4v) is 1.90. The number of carbonyl (C=O) groups is 1. The van der Waals surface area contributed by atoms with Gasteiger partial charge in [-0.3, -0.25) is 4.90 Å². The minimum Gasteiger partial charge on any atom is -0.441 e. The number of anilines is 1. The van der Waals surface area contributed by atoms with E-state index in [0.717, 1.165) is 0 Å². The number of benzene rings is 1. The van der Waals surface area contributed by atoms with Crippen molar-refractivity contribution in [3.63, 3.8) is 0 Å². The third-order valence-electron chi connectivity index (χ3n) is 2.44. The Bertz CT molecular complexity index is 442. The number of methoxy groups -OCH3 is 1. The number of hydrogen-bond donors (Lipinski definition) is 0. The number of cyclic esters (lactones) is 1. The summed E-state index contributed by atoms with van der Waals surface area (Å²) in [6.07, 6.45) is -0.784. The van der Waals surface area contributed by atoms with Crippen LogP contribution >= 0.6 is 15.9 Å². The molecular formula is C13H17BrFNO3. The first-order chi connectivity index (χ1) is 9.11. The monoisotopic (exact) mass is 333 g/mol.